The minimum atomic E-state index is -0.467. The van der Waals surface area contributed by atoms with Gasteiger partial charge in [-0.25, -0.2) is 0 Å². The van der Waals surface area contributed by atoms with Crippen molar-refractivity contribution in [2.75, 3.05) is 13.1 Å². The molecular weight excluding hydrogens is 340 g/mol. The van der Waals surface area contributed by atoms with E-state index in [4.69, 9.17) is 4.99 Å². The first-order valence-electron chi connectivity index (χ1n) is 9.95. The third-order valence-corrected chi connectivity index (χ3v) is 6.00. The van der Waals surface area contributed by atoms with Gasteiger partial charge in [0.05, 0.1) is 5.92 Å². The van der Waals surface area contributed by atoms with Gasteiger partial charge in [0.2, 0.25) is 5.91 Å². The van der Waals surface area contributed by atoms with Gasteiger partial charge >= 0.3 is 0 Å². The standard InChI is InChI=1S/C22H26N2O3/c1-14-19(22(27)24-11-3-2-4-12-24)20(15-7-5-8-16(25)13-15)21-17(23-14)9-6-10-18(21)26/h5,7-8,13,19-20,25H,2-4,6,9-12H2,1H3/t19?,20-/m0/s1. The summed E-state index contributed by atoms with van der Waals surface area (Å²) >= 11 is 0. The lowest BCUT2D eigenvalue weighted by molar-refractivity contribution is -0.134. The van der Waals surface area contributed by atoms with Crippen molar-refractivity contribution >= 4 is 17.4 Å². The number of benzene rings is 1. The lowest BCUT2D eigenvalue weighted by Gasteiger charge is -2.38. The Morgan fingerprint density at radius 2 is 1.93 bits per heavy atom. The van der Waals surface area contributed by atoms with Crippen LogP contribution in [0.15, 0.2) is 40.5 Å². The number of phenols is 1. The van der Waals surface area contributed by atoms with Crippen LogP contribution in [0.4, 0.5) is 0 Å². The van der Waals surface area contributed by atoms with E-state index in [1.807, 2.05) is 17.9 Å². The molecule has 2 heterocycles. The lowest BCUT2D eigenvalue weighted by atomic mass is 9.71. The van der Waals surface area contributed by atoms with Crippen LogP contribution in [-0.2, 0) is 9.59 Å². The van der Waals surface area contributed by atoms with Crippen LogP contribution in [0, 0.1) is 5.92 Å². The van der Waals surface area contributed by atoms with E-state index in [0.29, 0.717) is 12.0 Å². The molecule has 1 unspecified atom stereocenters. The maximum absolute atomic E-state index is 13.5. The lowest BCUT2D eigenvalue weighted by Crippen LogP contribution is -2.46. The fraction of sp³-hybridized carbons (Fsp3) is 0.500. The number of rotatable bonds is 2. The largest absolute Gasteiger partial charge is 0.508 e. The zero-order chi connectivity index (χ0) is 19.0. The molecule has 1 saturated heterocycles. The number of aromatic hydroxyl groups is 1. The quantitative estimate of drug-likeness (QED) is 0.870. The zero-order valence-electron chi connectivity index (χ0n) is 15.8. The van der Waals surface area contributed by atoms with Crippen LogP contribution in [0.25, 0.3) is 0 Å². The molecule has 5 heteroatoms. The number of aliphatic imine (C=N–C) groups is 1. The molecule has 1 aromatic rings. The SMILES string of the molecule is CC1=NC2=C(C(=O)CCC2)[C@@H](c2cccc(O)c2)C1C(=O)N1CCCCC1. The van der Waals surface area contributed by atoms with Gasteiger partial charge in [-0.2, -0.15) is 0 Å². The first kappa shape index (κ1) is 18.0. The monoisotopic (exact) mass is 366 g/mol. The second-order valence-electron chi connectivity index (χ2n) is 7.83. The molecule has 0 aromatic heterocycles. The van der Waals surface area contributed by atoms with Gasteiger partial charge in [-0.3, -0.25) is 14.6 Å². The summed E-state index contributed by atoms with van der Waals surface area (Å²) in [5.41, 5.74) is 3.13. The Balaban J connectivity index is 1.81. The zero-order valence-corrected chi connectivity index (χ0v) is 15.8. The van der Waals surface area contributed by atoms with Crippen molar-refractivity contribution in [1.29, 1.82) is 0 Å². The number of carbonyl (C=O) groups is 2. The van der Waals surface area contributed by atoms with E-state index in [1.165, 1.54) is 0 Å². The summed E-state index contributed by atoms with van der Waals surface area (Å²) < 4.78 is 0. The van der Waals surface area contributed by atoms with Crippen molar-refractivity contribution in [1.82, 2.24) is 4.90 Å². The van der Waals surface area contributed by atoms with Gasteiger partial charge in [-0.05, 0) is 56.7 Å². The Morgan fingerprint density at radius 3 is 2.67 bits per heavy atom. The maximum Gasteiger partial charge on any atom is 0.232 e. The third-order valence-electron chi connectivity index (χ3n) is 6.00. The molecule has 27 heavy (non-hydrogen) atoms. The number of piperidine rings is 1. The average Bonchev–Trinajstić information content (AvgIpc) is 2.67. The molecule has 3 aliphatic rings. The molecule has 1 aliphatic carbocycles. The number of hydrogen-bond acceptors (Lipinski definition) is 4. The summed E-state index contributed by atoms with van der Waals surface area (Å²) in [5.74, 6) is -0.508. The van der Waals surface area contributed by atoms with E-state index in [0.717, 1.165) is 62.2 Å². The molecule has 2 atom stereocenters. The van der Waals surface area contributed by atoms with Gasteiger partial charge < -0.3 is 10.0 Å². The molecule has 5 nitrogen and oxygen atoms in total. The molecule has 2 aliphatic heterocycles. The molecule has 4 rings (SSSR count). The minimum absolute atomic E-state index is 0.0641. The Hall–Kier alpha value is -2.43. The number of allylic oxidation sites excluding steroid dienone is 2. The normalized spacial score (nSPS) is 25.9. The number of Topliss-reactive ketones (excluding diaryl/α,β-unsaturated/α-hetero) is 1. The van der Waals surface area contributed by atoms with E-state index in [-0.39, 0.29) is 23.4 Å². The van der Waals surface area contributed by atoms with Crippen LogP contribution in [0.3, 0.4) is 0 Å². The topological polar surface area (TPSA) is 70.0 Å². The molecule has 142 valence electrons. The summed E-state index contributed by atoms with van der Waals surface area (Å²) in [5, 5.41) is 10.0. The van der Waals surface area contributed by atoms with Gasteiger partial charge in [0.15, 0.2) is 5.78 Å². The van der Waals surface area contributed by atoms with Gasteiger partial charge in [0.1, 0.15) is 5.75 Å². The highest BCUT2D eigenvalue weighted by Gasteiger charge is 2.43. The number of nitrogens with zero attached hydrogens (tertiary/aromatic N) is 2. The third kappa shape index (κ3) is 3.31. The number of phenolic OH excluding ortho intramolecular Hbond substituents is 1. The number of likely N-dealkylation sites (tertiary alicyclic amines) is 1. The summed E-state index contributed by atoms with van der Waals surface area (Å²) in [6, 6.07) is 6.99. The molecule has 0 bridgehead atoms. The molecule has 0 saturated carbocycles. The molecular formula is C22H26N2O3. The number of amides is 1. The Bertz CT molecular complexity index is 834. The first-order chi connectivity index (χ1) is 13.1. The molecule has 0 spiro atoms. The Kier molecular flexibility index (Phi) is 4.85. The van der Waals surface area contributed by atoms with E-state index in [9.17, 15) is 14.7 Å². The summed E-state index contributed by atoms with van der Waals surface area (Å²) in [6.45, 7) is 3.45. The van der Waals surface area contributed by atoms with E-state index < -0.39 is 5.92 Å². The van der Waals surface area contributed by atoms with Crippen LogP contribution in [0.2, 0.25) is 0 Å². The van der Waals surface area contributed by atoms with Gasteiger partial charge in [-0.15, -0.1) is 0 Å². The number of ketones is 1. The number of hydrogen-bond donors (Lipinski definition) is 1. The van der Waals surface area contributed by atoms with Crippen molar-refractivity contribution in [2.24, 2.45) is 10.9 Å². The Morgan fingerprint density at radius 1 is 1.15 bits per heavy atom. The predicted octanol–water partition coefficient (Wildman–Crippen LogP) is 3.59. The van der Waals surface area contributed by atoms with E-state index in [1.54, 1.807) is 18.2 Å². The summed E-state index contributed by atoms with van der Waals surface area (Å²) in [4.78, 5) is 32.9. The smallest absolute Gasteiger partial charge is 0.232 e. The van der Waals surface area contributed by atoms with Crippen LogP contribution in [-0.4, -0.2) is 40.5 Å². The molecule has 1 aromatic carbocycles. The van der Waals surface area contributed by atoms with Crippen molar-refractivity contribution in [3.8, 4) is 5.75 Å². The van der Waals surface area contributed by atoms with E-state index in [2.05, 4.69) is 0 Å². The van der Waals surface area contributed by atoms with E-state index >= 15 is 0 Å². The van der Waals surface area contributed by atoms with Gasteiger partial charge in [0, 0.05) is 42.4 Å². The number of carbonyl (C=O) groups excluding carboxylic acids is 2. The van der Waals surface area contributed by atoms with Crippen LogP contribution in [0.1, 0.15) is 56.9 Å². The van der Waals surface area contributed by atoms with Gasteiger partial charge in [-0.1, -0.05) is 12.1 Å². The highest BCUT2D eigenvalue weighted by Crippen LogP contribution is 2.44. The summed E-state index contributed by atoms with van der Waals surface area (Å²) in [7, 11) is 0. The summed E-state index contributed by atoms with van der Waals surface area (Å²) in [6.07, 6.45) is 5.31. The van der Waals surface area contributed by atoms with Crippen molar-refractivity contribution in [3.63, 3.8) is 0 Å². The van der Waals surface area contributed by atoms with Gasteiger partial charge in [0.25, 0.3) is 0 Å². The molecule has 1 N–H and O–H groups in total. The first-order valence-corrected chi connectivity index (χ1v) is 9.95. The highest BCUT2D eigenvalue weighted by molar-refractivity contribution is 6.10. The van der Waals surface area contributed by atoms with Crippen molar-refractivity contribution in [3.05, 3.63) is 41.1 Å². The highest BCUT2D eigenvalue weighted by atomic mass is 16.3. The second-order valence-corrected chi connectivity index (χ2v) is 7.83. The minimum Gasteiger partial charge on any atom is -0.508 e. The fourth-order valence-corrected chi connectivity index (χ4v) is 4.72. The molecule has 1 fully saturated rings. The fourth-order valence-electron chi connectivity index (χ4n) is 4.72. The van der Waals surface area contributed by atoms with Crippen LogP contribution >= 0.6 is 0 Å². The predicted molar refractivity (Wildman–Crippen MR) is 104 cm³/mol. The van der Waals surface area contributed by atoms with Crippen molar-refractivity contribution < 1.29 is 14.7 Å². The molecule has 1 amide bonds. The van der Waals surface area contributed by atoms with Crippen LogP contribution < -0.4 is 0 Å². The molecule has 0 radical (unpaired) electrons. The van der Waals surface area contributed by atoms with Crippen molar-refractivity contribution in [2.45, 2.75) is 51.4 Å². The second kappa shape index (κ2) is 7.29. The maximum atomic E-state index is 13.5. The van der Waals surface area contributed by atoms with Crippen LogP contribution in [0.5, 0.6) is 5.75 Å². The Labute approximate surface area is 159 Å². The average molecular weight is 366 g/mol.